The number of benzene rings is 1. The fourth-order valence-electron chi connectivity index (χ4n) is 2.74. The number of aromatic nitrogens is 3. The molecule has 2 N–H and O–H groups in total. The van der Waals surface area contributed by atoms with E-state index in [0.29, 0.717) is 18.9 Å². The molecule has 3 aromatic rings. The van der Waals surface area contributed by atoms with Crippen LogP contribution in [0, 0.1) is 0 Å². The molecule has 0 aliphatic heterocycles. The number of rotatable bonds is 7. The molecule has 0 aliphatic carbocycles. The predicted octanol–water partition coefficient (Wildman–Crippen LogP) is 2.26. The zero-order valence-corrected chi connectivity index (χ0v) is 16.8. The zero-order chi connectivity index (χ0) is 21.0. The minimum Gasteiger partial charge on any atom is -0.506 e. The Morgan fingerprint density at radius 2 is 1.97 bits per heavy atom. The maximum Gasteiger partial charge on any atom is 0.257 e. The number of nitrogens with one attached hydrogen (secondary N) is 1. The summed E-state index contributed by atoms with van der Waals surface area (Å²) in [7, 11) is -3.72. The molecule has 3 rings (SSSR count). The maximum absolute atomic E-state index is 12.7. The first-order valence-electron chi connectivity index (χ1n) is 8.97. The van der Waals surface area contributed by atoms with E-state index >= 15 is 0 Å². The van der Waals surface area contributed by atoms with Crippen LogP contribution in [0.2, 0.25) is 0 Å². The third-order valence-electron chi connectivity index (χ3n) is 4.31. The Kier molecular flexibility index (Phi) is 5.95. The van der Waals surface area contributed by atoms with Crippen molar-refractivity contribution in [3.05, 3.63) is 60.6 Å². The van der Waals surface area contributed by atoms with Crippen molar-refractivity contribution in [2.45, 2.75) is 18.7 Å². The highest BCUT2D eigenvalue weighted by Crippen LogP contribution is 2.28. The molecule has 9 nitrogen and oxygen atoms in total. The predicted molar refractivity (Wildman–Crippen MR) is 108 cm³/mol. The van der Waals surface area contributed by atoms with Crippen molar-refractivity contribution in [3.8, 4) is 11.6 Å². The number of carbonyl (C=O) groups is 1. The van der Waals surface area contributed by atoms with Crippen LogP contribution in [-0.4, -0.2) is 51.6 Å². The average Bonchev–Trinajstić information content (AvgIpc) is 3.25. The SMILES string of the molecule is CCN(CC)S(=O)(=O)c1ccc(O)c(NC(=O)c2ccc(-n3cccn3)nc2)c1. The number of phenols is 1. The minimum absolute atomic E-state index is 0.000570. The lowest BCUT2D eigenvalue weighted by Crippen LogP contribution is -2.30. The lowest BCUT2D eigenvalue weighted by Gasteiger charge is -2.19. The second-order valence-electron chi connectivity index (χ2n) is 6.08. The van der Waals surface area contributed by atoms with Gasteiger partial charge in [0.15, 0.2) is 5.82 Å². The van der Waals surface area contributed by atoms with E-state index in [9.17, 15) is 18.3 Å². The van der Waals surface area contributed by atoms with Gasteiger partial charge in [0.1, 0.15) is 5.75 Å². The van der Waals surface area contributed by atoms with Crippen molar-refractivity contribution in [3.63, 3.8) is 0 Å². The van der Waals surface area contributed by atoms with Gasteiger partial charge in [-0.3, -0.25) is 4.79 Å². The topological polar surface area (TPSA) is 117 Å². The van der Waals surface area contributed by atoms with Crippen molar-refractivity contribution < 1.29 is 18.3 Å². The minimum atomic E-state index is -3.72. The second-order valence-corrected chi connectivity index (χ2v) is 8.02. The van der Waals surface area contributed by atoms with E-state index in [-0.39, 0.29) is 21.9 Å². The van der Waals surface area contributed by atoms with Crippen LogP contribution in [0.25, 0.3) is 5.82 Å². The number of pyridine rings is 1. The van der Waals surface area contributed by atoms with Crippen molar-refractivity contribution in [1.82, 2.24) is 19.1 Å². The van der Waals surface area contributed by atoms with Gasteiger partial charge >= 0.3 is 0 Å². The maximum atomic E-state index is 12.7. The summed E-state index contributed by atoms with van der Waals surface area (Å²) in [6, 6.07) is 8.73. The summed E-state index contributed by atoms with van der Waals surface area (Å²) >= 11 is 0. The summed E-state index contributed by atoms with van der Waals surface area (Å²) in [6.07, 6.45) is 4.71. The van der Waals surface area contributed by atoms with Gasteiger partial charge in [-0.15, -0.1) is 0 Å². The number of sulfonamides is 1. The van der Waals surface area contributed by atoms with Crippen molar-refractivity contribution in [2.75, 3.05) is 18.4 Å². The van der Waals surface area contributed by atoms with E-state index in [2.05, 4.69) is 15.4 Å². The Hall–Kier alpha value is -3.24. The van der Waals surface area contributed by atoms with Gasteiger partial charge in [-0.05, 0) is 36.4 Å². The standard InChI is InChI=1S/C19H21N5O4S/c1-3-23(4-2)29(27,28)15-7-8-17(25)16(12-15)22-19(26)14-6-9-18(20-13-14)24-11-5-10-21-24/h5-13,25H,3-4H2,1-2H3,(H,22,26). The number of phenolic OH excluding ortho intramolecular Hbond substituents is 1. The molecule has 1 aromatic carbocycles. The van der Waals surface area contributed by atoms with E-state index in [4.69, 9.17) is 0 Å². The van der Waals surface area contributed by atoms with E-state index in [1.807, 2.05) is 0 Å². The molecule has 0 bridgehead atoms. The first kappa shape index (κ1) is 20.5. The molecule has 0 saturated heterocycles. The molecule has 0 saturated carbocycles. The fraction of sp³-hybridized carbons (Fsp3) is 0.211. The number of amides is 1. The molecule has 0 radical (unpaired) electrons. The highest BCUT2D eigenvalue weighted by molar-refractivity contribution is 7.89. The second kappa shape index (κ2) is 8.41. The number of nitrogens with zero attached hydrogens (tertiary/aromatic N) is 4. The van der Waals surface area contributed by atoms with Gasteiger partial charge < -0.3 is 10.4 Å². The van der Waals surface area contributed by atoms with E-state index in [1.54, 1.807) is 49.1 Å². The van der Waals surface area contributed by atoms with Gasteiger partial charge in [-0.1, -0.05) is 13.8 Å². The number of hydrogen-bond donors (Lipinski definition) is 2. The van der Waals surface area contributed by atoms with E-state index in [1.165, 1.54) is 28.7 Å². The van der Waals surface area contributed by atoms with Gasteiger partial charge in [-0.25, -0.2) is 18.1 Å². The van der Waals surface area contributed by atoms with Crippen LogP contribution in [0.1, 0.15) is 24.2 Å². The molecule has 1 amide bonds. The average molecular weight is 415 g/mol. The van der Waals surface area contributed by atoms with Crippen molar-refractivity contribution >= 4 is 21.6 Å². The first-order valence-corrected chi connectivity index (χ1v) is 10.4. The van der Waals surface area contributed by atoms with Crippen LogP contribution in [0.4, 0.5) is 5.69 Å². The smallest absolute Gasteiger partial charge is 0.257 e. The van der Waals surface area contributed by atoms with Crippen LogP contribution in [0.5, 0.6) is 5.75 Å². The third-order valence-corrected chi connectivity index (χ3v) is 6.35. The number of carbonyl (C=O) groups excluding carboxylic acids is 1. The van der Waals surface area contributed by atoms with E-state index in [0.717, 1.165) is 0 Å². The number of aromatic hydroxyl groups is 1. The highest BCUT2D eigenvalue weighted by atomic mass is 32.2. The van der Waals surface area contributed by atoms with Gasteiger partial charge in [0.05, 0.1) is 16.1 Å². The molecule has 0 fully saturated rings. The van der Waals surface area contributed by atoms with Crippen LogP contribution in [-0.2, 0) is 10.0 Å². The van der Waals surface area contributed by atoms with Crippen LogP contribution < -0.4 is 5.32 Å². The monoisotopic (exact) mass is 415 g/mol. The van der Waals surface area contributed by atoms with Crippen LogP contribution in [0.3, 0.4) is 0 Å². The number of hydrogen-bond acceptors (Lipinski definition) is 6. The van der Waals surface area contributed by atoms with Crippen molar-refractivity contribution in [2.24, 2.45) is 0 Å². The Morgan fingerprint density at radius 3 is 2.55 bits per heavy atom. The summed E-state index contributed by atoms with van der Waals surface area (Å²) in [5, 5.41) is 16.7. The van der Waals surface area contributed by atoms with Gasteiger partial charge in [0.2, 0.25) is 10.0 Å². The van der Waals surface area contributed by atoms with Gasteiger partial charge in [-0.2, -0.15) is 9.40 Å². The molecule has 152 valence electrons. The summed E-state index contributed by atoms with van der Waals surface area (Å²) in [6.45, 7) is 4.11. The van der Waals surface area contributed by atoms with Crippen molar-refractivity contribution in [1.29, 1.82) is 0 Å². The van der Waals surface area contributed by atoms with Gasteiger partial charge in [0, 0.05) is 31.7 Å². The third kappa shape index (κ3) is 4.28. The summed E-state index contributed by atoms with van der Waals surface area (Å²) in [4.78, 5) is 16.7. The Labute approximate surface area is 168 Å². The Balaban J connectivity index is 1.83. The Bertz CT molecular complexity index is 1090. The summed E-state index contributed by atoms with van der Waals surface area (Å²) < 4.78 is 28.2. The van der Waals surface area contributed by atoms with Crippen LogP contribution in [0.15, 0.2) is 59.9 Å². The molecule has 29 heavy (non-hydrogen) atoms. The molecule has 0 atom stereocenters. The first-order chi connectivity index (χ1) is 13.9. The van der Waals surface area contributed by atoms with Gasteiger partial charge in [0.25, 0.3) is 5.91 Å². The lowest BCUT2D eigenvalue weighted by atomic mass is 10.2. The van der Waals surface area contributed by atoms with Crippen LogP contribution >= 0.6 is 0 Å². The fourth-order valence-corrected chi connectivity index (χ4v) is 4.23. The molecule has 0 aliphatic rings. The molecule has 0 unspecified atom stereocenters. The number of anilines is 1. The Morgan fingerprint density at radius 1 is 1.21 bits per heavy atom. The molecular weight excluding hydrogens is 394 g/mol. The largest absolute Gasteiger partial charge is 0.506 e. The quantitative estimate of drug-likeness (QED) is 0.572. The summed E-state index contributed by atoms with van der Waals surface area (Å²) in [5.41, 5.74) is 0.247. The summed E-state index contributed by atoms with van der Waals surface area (Å²) in [5.74, 6) is -0.225. The lowest BCUT2D eigenvalue weighted by molar-refractivity contribution is 0.102. The molecule has 10 heteroatoms. The zero-order valence-electron chi connectivity index (χ0n) is 16.0. The highest BCUT2D eigenvalue weighted by Gasteiger charge is 2.23. The molecule has 0 spiro atoms. The molecule has 2 aromatic heterocycles. The molecule has 2 heterocycles. The normalized spacial score (nSPS) is 11.6. The van der Waals surface area contributed by atoms with E-state index < -0.39 is 15.9 Å². The molecular formula is C19H21N5O4S.